The number of hydrogen-bond donors (Lipinski definition) is 1. The number of likely N-dealkylation sites (N-methyl/N-ethyl adjacent to an activating group) is 1. The van der Waals surface area contributed by atoms with Crippen LogP contribution in [0, 0.1) is 12.3 Å². The van der Waals surface area contributed by atoms with Crippen LogP contribution < -0.4 is 5.73 Å². The highest BCUT2D eigenvalue weighted by Crippen LogP contribution is 2.03. The Morgan fingerprint density at radius 3 is 2.67 bits per heavy atom. The highest BCUT2D eigenvalue weighted by atomic mass is 16.5. The van der Waals surface area contributed by atoms with Gasteiger partial charge >= 0.3 is 0 Å². The fourth-order valence-electron chi connectivity index (χ4n) is 1.44. The lowest BCUT2D eigenvalue weighted by Crippen LogP contribution is -2.48. The highest BCUT2D eigenvalue weighted by Gasteiger charge is 2.23. The summed E-state index contributed by atoms with van der Waals surface area (Å²) in [5.74, 6) is 2.28. The van der Waals surface area contributed by atoms with Gasteiger partial charge in [-0.2, -0.15) is 0 Å². The van der Waals surface area contributed by atoms with E-state index in [2.05, 4.69) is 5.92 Å². The number of amides is 1. The maximum absolute atomic E-state index is 11.8. The lowest BCUT2D eigenvalue weighted by Gasteiger charge is -2.29. The molecule has 0 radical (unpaired) electrons. The second-order valence-electron chi connectivity index (χ2n) is 3.44. The van der Waals surface area contributed by atoms with Gasteiger partial charge in [-0.05, 0) is 13.8 Å². The first-order valence-corrected chi connectivity index (χ1v) is 5.06. The molecule has 0 saturated carbocycles. The van der Waals surface area contributed by atoms with Crippen LogP contribution in [-0.2, 0) is 9.53 Å². The molecule has 0 saturated heterocycles. The quantitative estimate of drug-likeness (QED) is 0.641. The molecule has 0 aliphatic carbocycles. The summed E-state index contributed by atoms with van der Waals surface area (Å²) in [6, 6.07) is -0.578. The Labute approximate surface area is 91.8 Å². The van der Waals surface area contributed by atoms with Crippen LogP contribution >= 0.6 is 0 Å². The van der Waals surface area contributed by atoms with Crippen LogP contribution in [0.5, 0.6) is 0 Å². The van der Waals surface area contributed by atoms with E-state index in [1.807, 2.05) is 13.8 Å². The standard InChI is InChI=1S/C11H20N2O2/c1-5-7-10(12)11(14)13(6-2)9(3)8-15-4/h1,9-10H,6-8,12H2,2-4H3. The molecule has 0 spiro atoms. The number of nitrogens with two attached hydrogens (primary N) is 1. The van der Waals surface area contributed by atoms with Crippen LogP contribution in [0.15, 0.2) is 0 Å². The number of carbonyl (C=O) groups excluding carboxylic acids is 1. The van der Waals surface area contributed by atoms with Gasteiger partial charge in [0.2, 0.25) is 5.91 Å². The fraction of sp³-hybridized carbons (Fsp3) is 0.727. The Kier molecular flexibility index (Phi) is 6.76. The second-order valence-corrected chi connectivity index (χ2v) is 3.44. The van der Waals surface area contributed by atoms with Crippen molar-refractivity contribution in [2.24, 2.45) is 5.73 Å². The molecule has 0 aromatic carbocycles. The molecule has 0 aromatic rings. The predicted octanol–water partition coefficient (Wildman–Crippen LogP) is 0.220. The summed E-state index contributed by atoms with van der Waals surface area (Å²) >= 11 is 0. The minimum Gasteiger partial charge on any atom is -0.383 e. The molecule has 1 amide bonds. The zero-order chi connectivity index (χ0) is 11.8. The first kappa shape index (κ1) is 13.9. The minimum absolute atomic E-state index is 0.0244. The topological polar surface area (TPSA) is 55.6 Å². The van der Waals surface area contributed by atoms with Gasteiger partial charge < -0.3 is 15.4 Å². The van der Waals surface area contributed by atoms with Crippen molar-refractivity contribution in [3.05, 3.63) is 0 Å². The van der Waals surface area contributed by atoms with Crippen LogP contribution in [0.1, 0.15) is 20.3 Å². The molecule has 0 bridgehead atoms. The molecule has 0 aliphatic heterocycles. The third-order valence-electron chi connectivity index (χ3n) is 2.22. The predicted molar refractivity (Wildman–Crippen MR) is 60.2 cm³/mol. The molecule has 15 heavy (non-hydrogen) atoms. The van der Waals surface area contributed by atoms with E-state index >= 15 is 0 Å². The smallest absolute Gasteiger partial charge is 0.240 e. The van der Waals surface area contributed by atoms with Gasteiger partial charge in [0.05, 0.1) is 18.7 Å². The SMILES string of the molecule is C#CCC(N)C(=O)N(CC)C(C)COC. The maximum Gasteiger partial charge on any atom is 0.240 e. The van der Waals surface area contributed by atoms with Crippen molar-refractivity contribution in [2.75, 3.05) is 20.3 Å². The monoisotopic (exact) mass is 212 g/mol. The van der Waals surface area contributed by atoms with E-state index in [-0.39, 0.29) is 18.4 Å². The molecule has 86 valence electrons. The van der Waals surface area contributed by atoms with Crippen LogP contribution in [-0.4, -0.2) is 43.2 Å². The van der Waals surface area contributed by atoms with Gasteiger partial charge in [-0.1, -0.05) is 0 Å². The van der Waals surface area contributed by atoms with Crippen molar-refractivity contribution in [2.45, 2.75) is 32.4 Å². The van der Waals surface area contributed by atoms with Gasteiger partial charge in [0.1, 0.15) is 0 Å². The number of carbonyl (C=O) groups is 1. The van der Waals surface area contributed by atoms with Crippen LogP contribution in [0.2, 0.25) is 0 Å². The summed E-state index contributed by atoms with van der Waals surface area (Å²) in [6.07, 6.45) is 5.39. The first-order valence-electron chi connectivity index (χ1n) is 5.06. The van der Waals surface area contributed by atoms with Crippen molar-refractivity contribution in [3.8, 4) is 12.3 Å². The summed E-state index contributed by atoms with van der Waals surface area (Å²) in [5, 5.41) is 0. The van der Waals surface area contributed by atoms with Gasteiger partial charge in [-0.15, -0.1) is 12.3 Å². The molecule has 0 fully saturated rings. The van der Waals surface area contributed by atoms with Crippen molar-refractivity contribution in [3.63, 3.8) is 0 Å². The van der Waals surface area contributed by atoms with Gasteiger partial charge in [0, 0.05) is 20.1 Å². The summed E-state index contributed by atoms with van der Waals surface area (Å²) < 4.78 is 5.00. The van der Waals surface area contributed by atoms with Crippen molar-refractivity contribution < 1.29 is 9.53 Å². The number of rotatable bonds is 6. The van der Waals surface area contributed by atoms with E-state index < -0.39 is 6.04 Å². The molecule has 0 rings (SSSR count). The van der Waals surface area contributed by atoms with E-state index in [0.29, 0.717) is 13.2 Å². The summed E-state index contributed by atoms with van der Waals surface area (Å²) in [5.41, 5.74) is 5.66. The number of methoxy groups -OCH3 is 1. The van der Waals surface area contributed by atoms with Crippen LogP contribution in [0.3, 0.4) is 0 Å². The molecule has 0 heterocycles. The Hall–Kier alpha value is -1.05. The lowest BCUT2D eigenvalue weighted by molar-refractivity contribution is -0.135. The van der Waals surface area contributed by atoms with E-state index in [4.69, 9.17) is 16.9 Å². The van der Waals surface area contributed by atoms with E-state index in [1.54, 1.807) is 12.0 Å². The molecule has 2 N–H and O–H groups in total. The molecule has 4 heteroatoms. The average molecular weight is 212 g/mol. The van der Waals surface area contributed by atoms with Gasteiger partial charge in [0.15, 0.2) is 0 Å². The number of hydrogen-bond acceptors (Lipinski definition) is 3. The largest absolute Gasteiger partial charge is 0.383 e. The van der Waals surface area contributed by atoms with Gasteiger partial charge in [-0.3, -0.25) is 4.79 Å². The lowest BCUT2D eigenvalue weighted by atomic mass is 10.1. The molecular weight excluding hydrogens is 192 g/mol. The van der Waals surface area contributed by atoms with Crippen molar-refractivity contribution in [1.82, 2.24) is 4.90 Å². The Morgan fingerprint density at radius 2 is 2.27 bits per heavy atom. The fourth-order valence-corrected chi connectivity index (χ4v) is 1.44. The first-order chi connectivity index (χ1) is 7.08. The maximum atomic E-state index is 11.8. The molecule has 0 aliphatic rings. The average Bonchev–Trinajstić information content (AvgIpc) is 2.19. The molecule has 0 aromatic heterocycles. The van der Waals surface area contributed by atoms with Gasteiger partial charge in [0.25, 0.3) is 0 Å². The summed E-state index contributed by atoms with van der Waals surface area (Å²) in [4.78, 5) is 13.5. The summed E-state index contributed by atoms with van der Waals surface area (Å²) in [6.45, 7) is 4.95. The Balaban J connectivity index is 4.40. The Bertz CT molecular complexity index is 235. The zero-order valence-electron chi connectivity index (χ0n) is 9.69. The zero-order valence-corrected chi connectivity index (χ0v) is 9.69. The number of terminal acetylenes is 1. The number of nitrogens with zero attached hydrogens (tertiary/aromatic N) is 1. The van der Waals surface area contributed by atoms with E-state index in [0.717, 1.165) is 0 Å². The normalized spacial score (nSPS) is 14.1. The van der Waals surface area contributed by atoms with Gasteiger partial charge in [-0.25, -0.2) is 0 Å². The molecule has 2 atom stereocenters. The second kappa shape index (κ2) is 7.27. The Morgan fingerprint density at radius 1 is 1.67 bits per heavy atom. The van der Waals surface area contributed by atoms with Crippen LogP contribution in [0.25, 0.3) is 0 Å². The van der Waals surface area contributed by atoms with Crippen molar-refractivity contribution in [1.29, 1.82) is 0 Å². The molecule has 4 nitrogen and oxygen atoms in total. The van der Waals surface area contributed by atoms with E-state index in [1.165, 1.54) is 0 Å². The van der Waals surface area contributed by atoms with E-state index in [9.17, 15) is 4.79 Å². The highest BCUT2D eigenvalue weighted by molar-refractivity contribution is 5.82. The third kappa shape index (κ3) is 4.32. The molecule has 2 unspecified atom stereocenters. The third-order valence-corrected chi connectivity index (χ3v) is 2.22. The minimum atomic E-state index is -0.603. The molecular formula is C11H20N2O2. The van der Waals surface area contributed by atoms with Crippen LogP contribution in [0.4, 0.5) is 0 Å². The van der Waals surface area contributed by atoms with Crippen molar-refractivity contribution >= 4 is 5.91 Å². The summed E-state index contributed by atoms with van der Waals surface area (Å²) in [7, 11) is 1.61. The number of ether oxygens (including phenoxy) is 1.